The van der Waals surface area contributed by atoms with Crippen molar-refractivity contribution in [3.05, 3.63) is 35.4 Å². The van der Waals surface area contributed by atoms with Crippen LogP contribution in [0.15, 0.2) is 24.3 Å². The number of ether oxygens (including phenoxy) is 1. The number of aromatic carboxylic acids is 1. The molecule has 2 aliphatic rings. The molecule has 2 aliphatic heterocycles. The SMILES string of the molecule is O=C(O)c1ccccc1CN1CC(N2CCOCC2)C1. The Morgan fingerprint density at radius 1 is 1.25 bits per heavy atom. The summed E-state index contributed by atoms with van der Waals surface area (Å²) in [7, 11) is 0. The van der Waals surface area contributed by atoms with Crippen LogP contribution in [0, 0.1) is 0 Å². The molecule has 1 N–H and O–H groups in total. The summed E-state index contributed by atoms with van der Waals surface area (Å²) in [6.07, 6.45) is 0. The lowest BCUT2D eigenvalue weighted by Crippen LogP contribution is -2.60. The number of morpholine rings is 1. The monoisotopic (exact) mass is 276 g/mol. The number of rotatable bonds is 4. The quantitative estimate of drug-likeness (QED) is 0.885. The van der Waals surface area contributed by atoms with Gasteiger partial charge in [-0.25, -0.2) is 4.79 Å². The molecule has 108 valence electrons. The molecule has 2 fully saturated rings. The van der Waals surface area contributed by atoms with Crippen LogP contribution >= 0.6 is 0 Å². The van der Waals surface area contributed by atoms with Gasteiger partial charge < -0.3 is 9.84 Å². The summed E-state index contributed by atoms with van der Waals surface area (Å²) in [5, 5.41) is 9.18. The van der Waals surface area contributed by atoms with Crippen molar-refractivity contribution in [1.82, 2.24) is 9.80 Å². The maximum absolute atomic E-state index is 11.2. The van der Waals surface area contributed by atoms with Gasteiger partial charge in [-0.3, -0.25) is 9.80 Å². The fourth-order valence-corrected chi connectivity index (χ4v) is 2.95. The van der Waals surface area contributed by atoms with Gasteiger partial charge in [0, 0.05) is 38.8 Å². The molecule has 1 aromatic rings. The molecule has 0 spiro atoms. The summed E-state index contributed by atoms with van der Waals surface area (Å²) in [5.41, 5.74) is 1.32. The van der Waals surface area contributed by atoms with Crippen molar-refractivity contribution in [3.63, 3.8) is 0 Å². The third kappa shape index (κ3) is 2.85. The summed E-state index contributed by atoms with van der Waals surface area (Å²) >= 11 is 0. The number of nitrogens with zero attached hydrogens (tertiary/aromatic N) is 2. The van der Waals surface area contributed by atoms with Crippen LogP contribution in [0.4, 0.5) is 0 Å². The first kappa shape index (κ1) is 13.5. The number of carbonyl (C=O) groups is 1. The van der Waals surface area contributed by atoms with Crippen molar-refractivity contribution < 1.29 is 14.6 Å². The van der Waals surface area contributed by atoms with Crippen LogP contribution in [-0.2, 0) is 11.3 Å². The Hall–Kier alpha value is -1.43. The van der Waals surface area contributed by atoms with Crippen molar-refractivity contribution in [2.75, 3.05) is 39.4 Å². The molecule has 0 amide bonds. The van der Waals surface area contributed by atoms with E-state index < -0.39 is 5.97 Å². The lowest BCUT2D eigenvalue weighted by atomic mass is 10.0. The van der Waals surface area contributed by atoms with Crippen molar-refractivity contribution in [2.45, 2.75) is 12.6 Å². The molecule has 20 heavy (non-hydrogen) atoms. The summed E-state index contributed by atoms with van der Waals surface area (Å²) < 4.78 is 5.36. The highest BCUT2D eigenvalue weighted by Gasteiger charge is 2.32. The number of hydrogen-bond donors (Lipinski definition) is 1. The zero-order valence-electron chi connectivity index (χ0n) is 11.5. The predicted octanol–water partition coefficient (Wildman–Crippen LogP) is 0.901. The Morgan fingerprint density at radius 2 is 1.95 bits per heavy atom. The average molecular weight is 276 g/mol. The van der Waals surface area contributed by atoms with Crippen LogP contribution < -0.4 is 0 Å². The van der Waals surface area contributed by atoms with Gasteiger partial charge in [0.05, 0.1) is 18.8 Å². The average Bonchev–Trinajstić information content (AvgIpc) is 2.43. The van der Waals surface area contributed by atoms with Crippen LogP contribution in [0.25, 0.3) is 0 Å². The van der Waals surface area contributed by atoms with Gasteiger partial charge in [0.15, 0.2) is 0 Å². The second kappa shape index (κ2) is 5.91. The standard InChI is InChI=1S/C15H20N2O3/c18-15(19)14-4-2-1-3-12(14)9-16-10-13(11-16)17-5-7-20-8-6-17/h1-4,13H,5-11H2,(H,18,19). The lowest BCUT2D eigenvalue weighted by Gasteiger charge is -2.46. The molecule has 5 heteroatoms. The van der Waals surface area contributed by atoms with Crippen LogP contribution in [0.5, 0.6) is 0 Å². The summed E-state index contributed by atoms with van der Waals surface area (Å²) in [6.45, 7) is 6.47. The zero-order chi connectivity index (χ0) is 13.9. The maximum atomic E-state index is 11.2. The summed E-state index contributed by atoms with van der Waals surface area (Å²) in [4.78, 5) is 16.0. The minimum atomic E-state index is -0.842. The predicted molar refractivity (Wildman–Crippen MR) is 74.9 cm³/mol. The molecular weight excluding hydrogens is 256 g/mol. The number of likely N-dealkylation sites (tertiary alicyclic amines) is 1. The Balaban J connectivity index is 1.55. The summed E-state index contributed by atoms with van der Waals surface area (Å²) in [6, 6.07) is 7.87. The molecule has 0 atom stereocenters. The fraction of sp³-hybridized carbons (Fsp3) is 0.533. The van der Waals surface area contributed by atoms with E-state index in [-0.39, 0.29) is 0 Å². The molecule has 5 nitrogen and oxygen atoms in total. The highest BCUT2D eigenvalue weighted by atomic mass is 16.5. The molecule has 3 rings (SSSR count). The zero-order valence-corrected chi connectivity index (χ0v) is 11.5. The normalized spacial score (nSPS) is 21.6. The van der Waals surface area contributed by atoms with E-state index in [4.69, 9.17) is 4.74 Å². The fourth-order valence-electron chi connectivity index (χ4n) is 2.95. The van der Waals surface area contributed by atoms with Gasteiger partial charge in [0.2, 0.25) is 0 Å². The van der Waals surface area contributed by atoms with Crippen molar-refractivity contribution >= 4 is 5.97 Å². The van der Waals surface area contributed by atoms with Crippen LogP contribution in [0.2, 0.25) is 0 Å². The molecule has 2 heterocycles. The third-order valence-corrected chi connectivity index (χ3v) is 4.14. The highest BCUT2D eigenvalue weighted by Crippen LogP contribution is 2.20. The van der Waals surface area contributed by atoms with E-state index in [9.17, 15) is 9.90 Å². The van der Waals surface area contributed by atoms with Crippen molar-refractivity contribution in [1.29, 1.82) is 0 Å². The van der Waals surface area contributed by atoms with Gasteiger partial charge in [0.25, 0.3) is 0 Å². The Labute approximate surface area is 118 Å². The second-order valence-electron chi connectivity index (χ2n) is 5.46. The molecule has 0 radical (unpaired) electrons. The van der Waals surface area contributed by atoms with E-state index in [1.165, 1.54) is 0 Å². The van der Waals surface area contributed by atoms with Crippen LogP contribution in [-0.4, -0.2) is 66.3 Å². The molecule has 1 aromatic carbocycles. The van der Waals surface area contributed by atoms with E-state index in [1.54, 1.807) is 12.1 Å². The van der Waals surface area contributed by atoms with Crippen molar-refractivity contribution in [3.8, 4) is 0 Å². The van der Waals surface area contributed by atoms with Crippen LogP contribution in [0.1, 0.15) is 15.9 Å². The number of carboxylic acid groups (broad SMARTS) is 1. The van der Waals surface area contributed by atoms with E-state index in [0.717, 1.165) is 51.5 Å². The highest BCUT2D eigenvalue weighted by molar-refractivity contribution is 5.89. The van der Waals surface area contributed by atoms with E-state index in [2.05, 4.69) is 9.80 Å². The molecule has 0 bridgehead atoms. The first-order valence-electron chi connectivity index (χ1n) is 7.09. The molecule has 0 aromatic heterocycles. The molecule has 0 unspecified atom stereocenters. The molecule has 0 aliphatic carbocycles. The van der Waals surface area contributed by atoms with E-state index in [1.807, 2.05) is 12.1 Å². The minimum Gasteiger partial charge on any atom is -0.478 e. The first-order chi connectivity index (χ1) is 9.74. The second-order valence-corrected chi connectivity index (χ2v) is 5.46. The Bertz CT molecular complexity index is 480. The largest absolute Gasteiger partial charge is 0.478 e. The van der Waals surface area contributed by atoms with E-state index >= 15 is 0 Å². The molecule has 2 saturated heterocycles. The van der Waals surface area contributed by atoms with Gasteiger partial charge in [0.1, 0.15) is 0 Å². The van der Waals surface area contributed by atoms with E-state index in [0.29, 0.717) is 11.6 Å². The topological polar surface area (TPSA) is 53.0 Å². The van der Waals surface area contributed by atoms with Gasteiger partial charge in [-0.15, -0.1) is 0 Å². The third-order valence-electron chi connectivity index (χ3n) is 4.14. The van der Waals surface area contributed by atoms with Gasteiger partial charge in [-0.05, 0) is 11.6 Å². The Morgan fingerprint density at radius 3 is 2.65 bits per heavy atom. The molecule has 0 saturated carbocycles. The molecular formula is C15H20N2O3. The van der Waals surface area contributed by atoms with Gasteiger partial charge in [-0.1, -0.05) is 18.2 Å². The van der Waals surface area contributed by atoms with Crippen LogP contribution in [0.3, 0.4) is 0 Å². The van der Waals surface area contributed by atoms with Gasteiger partial charge in [-0.2, -0.15) is 0 Å². The smallest absolute Gasteiger partial charge is 0.336 e. The maximum Gasteiger partial charge on any atom is 0.336 e. The number of hydrogen-bond acceptors (Lipinski definition) is 4. The Kier molecular flexibility index (Phi) is 4.00. The summed E-state index contributed by atoms with van der Waals surface area (Å²) in [5.74, 6) is -0.842. The number of carboxylic acids is 1. The van der Waals surface area contributed by atoms with Gasteiger partial charge >= 0.3 is 5.97 Å². The first-order valence-corrected chi connectivity index (χ1v) is 7.09. The lowest BCUT2D eigenvalue weighted by molar-refractivity contribution is -0.0344. The minimum absolute atomic E-state index is 0.419. The number of benzene rings is 1. The van der Waals surface area contributed by atoms with Crippen molar-refractivity contribution in [2.24, 2.45) is 0 Å².